The van der Waals surface area contributed by atoms with E-state index >= 15 is 0 Å². The fourth-order valence-corrected chi connectivity index (χ4v) is 3.00. The van der Waals surface area contributed by atoms with Gasteiger partial charge in [0.1, 0.15) is 5.69 Å². The molecule has 2 aromatic rings. The van der Waals surface area contributed by atoms with Gasteiger partial charge in [-0.15, -0.1) is 0 Å². The number of aromatic nitrogens is 2. The number of rotatable bonds is 5. The minimum atomic E-state index is -0.0602. The van der Waals surface area contributed by atoms with Crippen LogP contribution in [0, 0.1) is 6.92 Å². The van der Waals surface area contributed by atoms with Gasteiger partial charge in [-0.25, -0.2) is 9.97 Å². The average molecular weight is 340 g/mol. The topological polar surface area (TPSA) is 67.4 Å². The lowest BCUT2D eigenvalue weighted by Crippen LogP contribution is -2.46. The molecular weight excluding hydrogens is 316 g/mol. The number of hydrogen-bond donors (Lipinski definition) is 1. The number of carbonyl (C=O) groups is 1. The number of anilines is 1. The highest BCUT2D eigenvalue weighted by Crippen LogP contribution is 2.15. The molecule has 1 aliphatic rings. The zero-order valence-electron chi connectivity index (χ0n) is 14.7. The Labute approximate surface area is 148 Å². The third kappa shape index (κ3) is 4.54. The standard InChI is InChI=1S/C19H24N4O2/c1-14-12-17(22-19(20-2)21-14)18(24)23-10-11-25-16(13-23)9-8-15-6-4-3-5-7-15/h3-7,12,16H,8-11,13H2,1-2H3,(H,20,21,22)/t16-/m0/s1. The van der Waals surface area contributed by atoms with Gasteiger partial charge in [0.2, 0.25) is 5.95 Å². The largest absolute Gasteiger partial charge is 0.375 e. The highest BCUT2D eigenvalue weighted by Gasteiger charge is 2.26. The Kier molecular flexibility index (Phi) is 5.60. The van der Waals surface area contributed by atoms with Crippen molar-refractivity contribution in [2.24, 2.45) is 0 Å². The predicted octanol–water partition coefficient (Wildman–Crippen LogP) is 2.30. The number of benzene rings is 1. The van der Waals surface area contributed by atoms with Crippen LogP contribution in [0.3, 0.4) is 0 Å². The van der Waals surface area contributed by atoms with Crippen molar-refractivity contribution in [3.63, 3.8) is 0 Å². The Balaban J connectivity index is 1.62. The van der Waals surface area contributed by atoms with Crippen molar-refractivity contribution >= 4 is 11.9 Å². The molecule has 0 unspecified atom stereocenters. The Morgan fingerprint density at radius 3 is 2.88 bits per heavy atom. The van der Waals surface area contributed by atoms with Gasteiger partial charge in [0, 0.05) is 25.8 Å². The zero-order chi connectivity index (χ0) is 17.6. The Bertz CT molecular complexity index is 721. The molecule has 0 bridgehead atoms. The quantitative estimate of drug-likeness (QED) is 0.905. The Morgan fingerprint density at radius 1 is 1.32 bits per heavy atom. The number of ether oxygens (including phenoxy) is 1. The van der Waals surface area contributed by atoms with Gasteiger partial charge in [0.25, 0.3) is 5.91 Å². The van der Waals surface area contributed by atoms with Crippen LogP contribution in [0.1, 0.15) is 28.2 Å². The number of morpholine rings is 1. The van der Waals surface area contributed by atoms with Gasteiger partial charge in [-0.05, 0) is 31.4 Å². The van der Waals surface area contributed by atoms with E-state index in [1.54, 1.807) is 13.1 Å². The number of nitrogens with zero attached hydrogens (tertiary/aromatic N) is 3. The lowest BCUT2D eigenvalue weighted by Gasteiger charge is -2.33. The van der Waals surface area contributed by atoms with E-state index in [9.17, 15) is 4.79 Å². The monoisotopic (exact) mass is 340 g/mol. The van der Waals surface area contributed by atoms with Gasteiger partial charge in [0.15, 0.2) is 0 Å². The van der Waals surface area contributed by atoms with Crippen LogP contribution in [0.4, 0.5) is 5.95 Å². The van der Waals surface area contributed by atoms with Crippen molar-refractivity contribution in [2.45, 2.75) is 25.9 Å². The first-order valence-corrected chi connectivity index (χ1v) is 8.64. The van der Waals surface area contributed by atoms with Crippen molar-refractivity contribution in [3.8, 4) is 0 Å². The summed E-state index contributed by atoms with van der Waals surface area (Å²) in [4.78, 5) is 23.2. The third-order valence-corrected chi connectivity index (χ3v) is 4.32. The van der Waals surface area contributed by atoms with Crippen molar-refractivity contribution < 1.29 is 9.53 Å². The van der Waals surface area contributed by atoms with E-state index in [2.05, 4.69) is 27.4 Å². The molecule has 6 heteroatoms. The van der Waals surface area contributed by atoms with Crippen molar-refractivity contribution in [1.29, 1.82) is 0 Å². The van der Waals surface area contributed by atoms with Gasteiger partial charge in [-0.1, -0.05) is 30.3 Å². The summed E-state index contributed by atoms with van der Waals surface area (Å²) in [6.45, 7) is 3.62. The normalized spacial score (nSPS) is 17.4. The SMILES string of the molecule is CNc1nc(C)cc(C(=O)N2CCO[C@@H](CCc3ccccc3)C2)n1. The van der Waals surface area contributed by atoms with E-state index in [0.717, 1.165) is 18.5 Å². The first-order chi connectivity index (χ1) is 12.2. The maximum Gasteiger partial charge on any atom is 0.272 e. The molecule has 1 aromatic heterocycles. The number of hydrogen-bond acceptors (Lipinski definition) is 5. The van der Waals surface area contributed by atoms with Gasteiger partial charge < -0.3 is 15.0 Å². The number of amides is 1. The summed E-state index contributed by atoms with van der Waals surface area (Å²) in [6.07, 6.45) is 1.91. The van der Waals surface area contributed by atoms with Crippen LogP contribution in [-0.2, 0) is 11.2 Å². The predicted molar refractivity (Wildman–Crippen MR) is 96.7 cm³/mol. The summed E-state index contributed by atoms with van der Waals surface area (Å²) in [5.74, 6) is 0.409. The average Bonchev–Trinajstić information content (AvgIpc) is 2.66. The molecule has 0 radical (unpaired) electrons. The highest BCUT2D eigenvalue weighted by molar-refractivity contribution is 5.92. The van der Waals surface area contributed by atoms with E-state index < -0.39 is 0 Å². The van der Waals surface area contributed by atoms with Gasteiger partial charge in [0.05, 0.1) is 12.7 Å². The maximum atomic E-state index is 12.8. The molecule has 6 nitrogen and oxygen atoms in total. The van der Waals surface area contributed by atoms with Crippen LogP contribution in [0.25, 0.3) is 0 Å². The highest BCUT2D eigenvalue weighted by atomic mass is 16.5. The molecule has 1 aliphatic heterocycles. The molecule has 3 rings (SSSR count). The summed E-state index contributed by atoms with van der Waals surface area (Å²) in [5, 5.41) is 2.90. The lowest BCUT2D eigenvalue weighted by molar-refractivity contribution is -0.0247. The molecular formula is C19H24N4O2. The molecule has 0 aliphatic carbocycles. The summed E-state index contributed by atoms with van der Waals surface area (Å²) in [7, 11) is 1.75. The Hall–Kier alpha value is -2.47. The van der Waals surface area contributed by atoms with Crippen molar-refractivity contribution in [1.82, 2.24) is 14.9 Å². The smallest absolute Gasteiger partial charge is 0.272 e. The van der Waals surface area contributed by atoms with E-state index in [-0.39, 0.29) is 12.0 Å². The fraction of sp³-hybridized carbons (Fsp3) is 0.421. The lowest BCUT2D eigenvalue weighted by atomic mass is 10.1. The Morgan fingerprint density at radius 2 is 2.12 bits per heavy atom. The molecule has 0 spiro atoms. The van der Waals surface area contributed by atoms with Gasteiger partial charge in [-0.3, -0.25) is 4.79 Å². The minimum absolute atomic E-state index is 0.0598. The first kappa shape index (κ1) is 17.4. The summed E-state index contributed by atoms with van der Waals surface area (Å²) in [5.41, 5.74) is 2.50. The van der Waals surface area contributed by atoms with E-state index in [4.69, 9.17) is 4.74 Å². The molecule has 2 heterocycles. The van der Waals surface area contributed by atoms with Crippen LogP contribution in [0.5, 0.6) is 0 Å². The number of carbonyl (C=O) groups excluding carboxylic acids is 1. The molecule has 1 fully saturated rings. The van der Waals surface area contributed by atoms with Gasteiger partial charge >= 0.3 is 0 Å². The maximum absolute atomic E-state index is 12.8. The molecule has 1 aromatic carbocycles. The van der Waals surface area contributed by atoms with Crippen LogP contribution in [-0.4, -0.2) is 53.6 Å². The number of nitrogens with one attached hydrogen (secondary N) is 1. The molecule has 0 saturated carbocycles. The molecule has 1 amide bonds. The molecule has 132 valence electrons. The van der Waals surface area contributed by atoms with Crippen molar-refractivity contribution in [3.05, 3.63) is 53.3 Å². The summed E-state index contributed by atoms with van der Waals surface area (Å²) >= 11 is 0. The third-order valence-electron chi connectivity index (χ3n) is 4.32. The van der Waals surface area contributed by atoms with Crippen LogP contribution < -0.4 is 5.32 Å². The number of aryl methyl sites for hydroxylation is 2. The van der Waals surface area contributed by atoms with Gasteiger partial charge in [-0.2, -0.15) is 0 Å². The first-order valence-electron chi connectivity index (χ1n) is 8.64. The molecule has 25 heavy (non-hydrogen) atoms. The zero-order valence-corrected chi connectivity index (χ0v) is 14.7. The van der Waals surface area contributed by atoms with Crippen LogP contribution >= 0.6 is 0 Å². The fourth-order valence-electron chi connectivity index (χ4n) is 3.00. The summed E-state index contributed by atoms with van der Waals surface area (Å²) in [6, 6.07) is 12.1. The van der Waals surface area contributed by atoms with Crippen LogP contribution in [0.15, 0.2) is 36.4 Å². The second kappa shape index (κ2) is 8.07. The molecule has 1 saturated heterocycles. The van der Waals surface area contributed by atoms with E-state index in [1.807, 2.05) is 30.0 Å². The molecule has 1 atom stereocenters. The van der Waals surface area contributed by atoms with E-state index in [0.29, 0.717) is 31.3 Å². The minimum Gasteiger partial charge on any atom is -0.375 e. The van der Waals surface area contributed by atoms with Crippen molar-refractivity contribution in [2.75, 3.05) is 32.1 Å². The second-order valence-corrected chi connectivity index (χ2v) is 6.24. The molecule has 1 N–H and O–H groups in total. The van der Waals surface area contributed by atoms with E-state index in [1.165, 1.54) is 5.56 Å². The summed E-state index contributed by atoms with van der Waals surface area (Å²) < 4.78 is 5.85. The van der Waals surface area contributed by atoms with Crippen LogP contribution in [0.2, 0.25) is 0 Å². The second-order valence-electron chi connectivity index (χ2n) is 6.24.